The molecule has 0 saturated carbocycles. The van der Waals surface area contributed by atoms with E-state index in [-0.39, 0.29) is 6.04 Å². The first-order chi connectivity index (χ1) is 10.2. The molecule has 1 fully saturated rings. The molecule has 6 heteroatoms. The molecule has 108 valence electrons. The van der Waals surface area contributed by atoms with E-state index in [2.05, 4.69) is 28.2 Å². The van der Waals surface area contributed by atoms with E-state index in [1.807, 2.05) is 30.8 Å². The van der Waals surface area contributed by atoms with Crippen LogP contribution in [0.5, 0.6) is 0 Å². The first-order valence-electron chi connectivity index (χ1n) is 6.82. The Bertz CT molecular complexity index is 691. The lowest BCUT2D eigenvalue weighted by Gasteiger charge is -2.29. The van der Waals surface area contributed by atoms with Crippen molar-refractivity contribution in [1.82, 2.24) is 15.0 Å². The number of hydrogen-bond donors (Lipinski definition) is 0. The average Bonchev–Trinajstić information content (AvgIpc) is 2.97. The lowest BCUT2D eigenvalue weighted by Crippen LogP contribution is -2.33. The molecular weight excluding hydrogens is 284 g/mol. The van der Waals surface area contributed by atoms with Gasteiger partial charge in [-0.2, -0.15) is 22.0 Å². The van der Waals surface area contributed by atoms with Crippen molar-refractivity contribution in [3.63, 3.8) is 0 Å². The average molecular weight is 300 g/mol. The maximum atomic E-state index is 8.92. The van der Waals surface area contributed by atoms with Crippen molar-refractivity contribution >= 4 is 11.8 Å². The van der Waals surface area contributed by atoms with E-state index in [9.17, 15) is 0 Å². The first kappa shape index (κ1) is 14.1. The van der Waals surface area contributed by atoms with Crippen LogP contribution < -0.4 is 0 Å². The molecule has 1 aromatic carbocycles. The van der Waals surface area contributed by atoms with Crippen molar-refractivity contribution < 1.29 is 4.52 Å². The van der Waals surface area contributed by atoms with E-state index in [0.29, 0.717) is 11.5 Å². The first-order valence-corrected chi connectivity index (χ1v) is 7.97. The molecule has 0 aliphatic carbocycles. The topological polar surface area (TPSA) is 66.0 Å². The third-order valence-corrected chi connectivity index (χ3v) is 4.74. The number of nitrogens with zero attached hydrogens (tertiary/aromatic N) is 4. The second-order valence-electron chi connectivity index (χ2n) is 5.17. The second kappa shape index (κ2) is 5.88. The summed E-state index contributed by atoms with van der Waals surface area (Å²) in [6.07, 6.45) is 0. The molecule has 5 nitrogen and oxygen atoms in total. The minimum atomic E-state index is 0.208. The van der Waals surface area contributed by atoms with Crippen LogP contribution in [-0.4, -0.2) is 40.1 Å². The van der Waals surface area contributed by atoms with E-state index in [1.165, 1.54) is 0 Å². The third kappa shape index (κ3) is 2.80. The quantitative estimate of drug-likeness (QED) is 0.849. The minimum Gasteiger partial charge on any atom is -0.334 e. The molecule has 2 heterocycles. The molecule has 0 bridgehead atoms. The highest BCUT2D eigenvalue weighted by Crippen LogP contribution is 2.29. The lowest BCUT2D eigenvalue weighted by atomic mass is 10.1. The molecule has 1 aromatic heterocycles. The van der Waals surface area contributed by atoms with Gasteiger partial charge in [-0.1, -0.05) is 5.16 Å². The van der Waals surface area contributed by atoms with Gasteiger partial charge < -0.3 is 4.52 Å². The van der Waals surface area contributed by atoms with Crippen LogP contribution >= 0.6 is 11.8 Å². The van der Waals surface area contributed by atoms with Crippen LogP contribution in [-0.2, 0) is 0 Å². The zero-order valence-electron chi connectivity index (χ0n) is 12.0. The zero-order valence-corrected chi connectivity index (χ0v) is 12.9. The van der Waals surface area contributed by atoms with Crippen LogP contribution in [0.4, 0.5) is 0 Å². The van der Waals surface area contributed by atoms with Crippen LogP contribution in [0.1, 0.15) is 23.0 Å². The summed E-state index contributed by atoms with van der Waals surface area (Å²) >= 11 is 1.92. The minimum absolute atomic E-state index is 0.208. The summed E-state index contributed by atoms with van der Waals surface area (Å²) in [6.45, 7) is 2.98. The van der Waals surface area contributed by atoms with Crippen LogP contribution in [0, 0.1) is 18.3 Å². The Kier molecular flexibility index (Phi) is 3.95. The molecule has 1 atom stereocenters. The molecule has 2 aromatic rings. The Morgan fingerprint density at radius 3 is 3.05 bits per heavy atom. The van der Waals surface area contributed by atoms with Crippen molar-refractivity contribution in [2.45, 2.75) is 13.0 Å². The van der Waals surface area contributed by atoms with Crippen LogP contribution in [0.2, 0.25) is 0 Å². The Hall–Kier alpha value is -1.84. The summed E-state index contributed by atoms with van der Waals surface area (Å²) in [7, 11) is 2.09. The molecule has 21 heavy (non-hydrogen) atoms. The summed E-state index contributed by atoms with van der Waals surface area (Å²) in [5.41, 5.74) is 2.49. The van der Waals surface area contributed by atoms with Gasteiger partial charge in [0, 0.05) is 23.6 Å². The Labute approximate surface area is 127 Å². The number of benzene rings is 1. The van der Waals surface area contributed by atoms with E-state index < -0.39 is 0 Å². The highest BCUT2D eigenvalue weighted by atomic mass is 32.2. The smallest absolute Gasteiger partial charge is 0.258 e. The van der Waals surface area contributed by atoms with Gasteiger partial charge in [0.25, 0.3) is 5.89 Å². The zero-order chi connectivity index (χ0) is 14.8. The standard InChI is InChI=1S/C15H16N4OS/c1-10-7-11(8-16)3-4-12(10)15-17-14(18-20-15)13-9-21-6-5-19(13)2/h3-4,7,13H,5-6,9H2,1-2H3. The molecule has 0 spiro atoms. The van der Waals surface area contributed by atoms with Gasteiger partial charge in [0.05, 0.1) is 17.7 Å². The molecule has 0 N–H and O–H groups in total. The number of rotatable bonds is 2. The predicted molar refractivity (Wildman–Crippen MR) is 81.9 cm³/mol. The SMILES string of the molecule is Cc1cc(C#N)ccc1-c1nc(C2CSCCN2C)no1. The van der Waals surface area contributed by atoms with Gasteiger partial charge in [0.15, 0.2) is 5.82 Å². The maximum absolute atomic E-state index is 8.92. The monoisotopic (exact) mass is 300 g/mol. The molecule has 1 aliphatic rings. The van der Waals surface area contributed by atoms with E-state index in [4.69, 9.17) is 9.78 Å². The van der Waals surface area contributed by atoms with Crippen LogP contribution in [0.3, 0.4) is 0 Å². The Morgan fingerprint density at radius 2 is 2.33 bits per heavy atom. The van der Waals surface area contributed by atoms with Gasteiger partial charge in [0.1, 0.15) is 0 Å². The fraction of sp³-hybridized carbons (Fsp3) is 0.400. The largest absolute Gasteiger partial charge is 0.334 e. The van der Waals surface area contributed by atoms with Crippen LogP contribution in [0.25, 0.3) is 11.5 Å². The van der Waals surface area contributed by atoms with E-state index in [0.717, 1.165) is 35.0 Å². The molecule has 0 amide bonds. The summed E-state index contributed by atoms with van der Waals surface area (Å²) in [5.74, 6) is 3.40. The fourth-order valence-corrected chi connectivity index (χ4v) is 3.62. The Morgan fingerprint density at radius 1 is 1.48 bits per heavy atom. The van der Waals surface area contributed by atoms with E-state index >= 15 is 0 Å². The van der Waals surface area contributed by atoms with Crippen LogP contribution in [0.15, 0.2) is 22.7 Å². The van der Waals surface area contributed by atoms with E-state index in [1.54, 1.807) is 6.07 Å². The number of nitriles is 1. The number of aryl methyl sites for hydroxylation is 1. The summed E-state index contributed by atoms with van der Waals surface area (Å²) in [6, 6.07) is 7.81. The molecular formula is C15H16N4OS. The van der Waals surface area contributed by atoms with Crippen molar-refractivity contribution in [3.05, 3.63) is 35.2 Å². The fourth-order valence-electron chi connectivity index (χ4n) is 2.41. The lowest BCUT2D eigenvalue weighted by molar-refractivity contribution is 0.257. The molecule has 0 radical (unpaired) electrons. The highest BCUT2D eigenvalue weighted by Gasteiger charge is 2.26. The van der Waals surface area contributed by atoms with Crippen molar-refractivity contribution in [1.29, 1.82) is 5.26 Å². The van der Waals surface area contributed by atoms with Gasteiger partial charge in [-0.05, 0) is 37.7 Å². The molecule has 1 aliphatic heterocycles. The van der Waals surface area contributed by atoms with Gasteiger partial charge in [0.2, 0.25) is 0 Å². The van der Waals surface area contributed by atoms with Crippen molar-refractivity contribution in [2.75, 3.05) is 25.1 Å². The van der Waals surface area contributed by atoms with Gasteiger partial charge >= 0.3 is 0 Å². The number of aromatic nitrogens is 2. The van der Waals surface area contributed by atoms with Gasteiger partial charge in [-0.3, -0.25) is 4.90 Å². The molecule has 1 saturated heterocycles. The number of thioether (sulfide) groups is 1. The third-order valence-electron chi connectivity index (χ3n) is 3.72. The molecule has 3 rings (SSSR count). The highest BCUT2D eigenvalue weighted by molar-refractivity contribution is 7.99. The van der Waals surface area contributed by atoms with Crippen molar-refractivity contribution in [2.24, 2.45) is 0 Å². The normalized spacial score (nSPS) is 19.4. The predicted octanol–water partition coefficient (Wildman–Crippen LogP) is 2.64. The van der Waals surface area contributed by atoms with Gasteiger partial charge in [-0.25, -0.2) is 0 Å². The summed E-state index contributed by atoms with van der Waals surface area (Å²) < 4.78 is 5.43. The maximum Gasteiger partial charge on any atom is 0.258 e. The second-order valence-corrected chi connectivity index (χ2v) is 6.32. The van der Waals surface area contributed by atoms with Crippen molar-refractivity contribution in [3.8, 4) is 17.5 Å². The Balaban J connectivity index is 1.90. The summed E-state index contributed by atoms with van der Waals surface area (Å²) in [5, 5.41) is 13.1. The van der Waals surface area contributed by atoms with Gasteiger partial charge in [-0.15, -0.1) is 0 Å². The molecule has 1 unspecified atom stereocenters. The summed E-state index contributed by atoms with van der Waals surface area (Å²) in [4.78, 5) is 6.82. The number of hydrogen-bond acceptors (Lipinski definition) is 6.